The average Bonchev–Trinajstić information content (AvgIpc) is 2.77. The molecule has 1 atom stereocenters. The summed E-state index contributed by atoms with van der Waals surface area (Å²) in [5.41, 5.74) is 3.21. The molecule has 0 amide bonds. The van der Waals surface area contributed by atoms with Crippen molar-refractivity contribution < 1.29 is 19.0 Å². The number of aromatic nitrogens is 1. The standard InChI is InChI=1S/C23H23NO4/c1-26-21-14-20(24-15-19(21)23(25)27-2)22(13-17-9-5-3-6-10-17)28-16-18-11-7-4-8-12-18/h3-12,14-15,22H,13,16H2,1-2H3. The van der Waals surface area contributed by atoms with E-state index in [0.717, 1.165) is 11.1 Å². The van der Waals surface area contributed by atoms with Crippen molar-refractivity contribution in [2.24, 2.45) is 0 Å². The Morgan fingerprint density at radius 1 is 0.964 bits per heavy atom. The van der Waals surface area contributed by atoms with Crippen LogP contribution in [0.25, 0.3) is 0 Å². The molecule has 0 aliphatic rings. The maximum absolute atomic E-state index is 11.9. The Morgan fingerprint density at radius 3 is 2.21 bits per heavy atom. The first-order valence-corrected chi connectivity index (χ1v) is 9.03. The number of esters is 1. The van der Waals surface area contributed by atoms with Crippen molar-refractivity contribution in [3.63, 3.8) is 0 Å². The molecule has 1 heterocycles. The highest BCUT2D eigenvalue weighted by Crippen LogP contribution is 2.27. The number of hydrogen-bond donors (Lipinski definition) is 0. The summed E-state index contributed by atoms with van der Waals surface area (Å²) < 4.78 is 16.4. The maximum Gasteiger partial charge on any atom is 0.343 e. The minimum absolute atomic E-state index is 0.287. The summed E-state index contributed by atoms with van der Waals surface area (Å²) in [6.45, 7) is 0.459. The van der Waals surface area contributed by atoms with Crippen LogP contribution in [0.5, 0.6) is 5.75 Å². The molecule has 0 fully saturated rings. The van der Waals surface area contributed by atoms with Crippen LogP contribution in [0.15, 0.2) is 72.9 Å². The molecular formula is C23H23NO4. The van der Waals surface area contributed by atoms with Crippen molar-refractivity contribution >= 4 is 5.97 Å². The van der Waals surface area contributed by atoms with E-state index in [1.165, 1.54) is 20.4 Å². The first-order chi connectivity index (χ1) is 13.7. The Morgan fingerprint density at radius 2 is 1.61 bits per heavy atom. The first kappa shape index (κ1) is 19.6. The molecular weight excluding hydrogens is 354 g/mol. The van der Waals surface area contributed by atoms with E-state index in [2.05, 4.69) is 17.1 Å². The zero-order valence-electron chi connectivity index (χ0n) is 16.0. The number of carbonyl (C=O) groups excluding carboxylic acids is 1. The van der Waals surface area contributed by atoms with Gasteiger partial charge in [-0.25, -0.2) is 4.79 Å². The number of nitrogens with zero attached hydrogens (tertiary/aromatic N) is 1. The molecule has 144 valence electrons. The molecule has 0 saturated heterocycles. The molecule has 0 radical (unpaired) electrons. The normalized spacial score (nSPS) is 11.6. The van der Waals surface area contributed by atoms with Crippen LogP contribution >= 0.6 is 0 Å². The SMILES string of the molecule is COC(=O)c1cnc(C(Cc2ccccc2)OCc2ccccc2)cc1OC. The molecule has 1 aromatic heterocycles. The van der Waals surface area contributed by atoms with E-state index in [-0.39, 0.29) is 11.7 Å². The first-order valence-electron chi connectivity index (χ1n) is 9.03. The Hall–Kier alpha value is -3.18. The summed E-state index contributed by atoms with van der Waals surface area (Å²) >= 11 is 0. The molecule has 2 aromatic carbocycles. The van der Waals surface area contributed by atoms with Crippen molar-refractivity contribution in [1.29, 1.82) is 0 Å². The highest BCUT2D eigenvalue weighted by Gasteiger charge is 2.20. The fourth-order valence-corrected chi connectivity index (χ4v) is 2.91. The molecule has 28 heavy (non-hydrogen) atoms. The van der Waals surface area contributed by atoms with Gasteiger partial charge in [-0.3, -0.25) is 4.98 Å². The second-order valence-electron chi connectivity index (χ2n) is 6.28. The summed E-state index contributed by atoms with van der Waals surface area (Å²) in [6.07, 6.45) is 1.84. The third-order valence-corrected chi connectivity index (χ3v) is 4.40. The summed E-state index contributed by atoms with van der Waals surface area (Å²) in [5, 5.41) is 0. The van der Waals surface area contributed by atoms with E-state index in [1.807, 2.05) is 48.5 Å². The second kappa shape index (κ2) is 9.67. The topological polar surface area (TPSA) is 57.7 Å². The fourth-order valence-electron chi connectivity index (χ4n) is 2.91. The van der Waals surface area contributed by atoms with Gasteiger partial charge in [-0.15, -0.1) is 0 Å². The van der Waals surface area contributed by atoms with E-state index in [1.54, 1.807) is 6.07 Å². The molecule has 0 N–H and O–H groups in total. The number of benzene rings is 2. The number of carbonyl (C=O) groups is 1. The number of hydrogen-bond acceptors (Lipinski definition) is 5. The van der Waals surface area contributed by atoms with Crippen LogP contribution in [0.3, 0.4) is 0 Å². The monoisotopic (exact) mass is 377 g/mol. The van der Waals surface area contributed by atoms with Gasteiger partial charge in [0.1, 0.15) is 17.4 Å². The van der Waals surface area contributed by atoms with Gasteiger partial charge in [0.2, 0.25) is 0 Å². The minimum Gasteiger partial charge on any atom is -0.496 e. The van der Waals surface area contributed by atoms with E-state index < -0.39 is 5.97 Å². The van der Waals surface area contributed by atoms with Crippen molar-refractivity contribution in [3.8, 4) is 5.75 Å². The predicted octanol–water partition coefficient (Wildman–Crippen LogP) is 4.38. The smallest absolute Gasteiger partial charge is 0.343 e. The van der Waals surface area contributed by atoms with Crippen LogP contribution in [0.1, 0.15) is 33.3 Å². The summed E-state index contributed by atoms with van der Waals surface area (Å²) in [5.74, 6) is -0.0704. The highest BCUT2D eigenvalue weighted by molar-refractivity contribution is 5.92. The number of methoxy groups -OCH3 is 2. The van der Waals surface area contributed by atoms with Crippen LogP contribution in [-0.2, 0) is 22.5 Å². The minimum atomic E-state index is -0.485. The Balaban J connectivity index is 1.87. The largest absolute Gasteiger partial charge is 0.496 e. The third kappa shape index (κ3) is 4.96. The third-order valence-electron chi connectivity index (χ3n) is 4.40. The number of ether oxygens (including phenoxy) is 3. The molecule has 0 spiro atoms. The Kier molecular flexibility index (Phi) is 6.76. The van der Waals surface area contributed by atoms with Gasteiger partial charge < -0.3 is 14.2 Å². The quantitative estimate of drug-likeness (QED) is 0.545. The van der Waals surface area contributed by atoms with E-state index in [9.17, 15) is 4.79 Å². The predicted molar refractivity (Wildman–Crippen MR) is 106 cm³/mol. The van der Waals surface area contributed by atoms with Gasteiger partial charge in [0.05, 0.1) is 26.5 Å². The number of pyridine rings is 1. The van der Waals surface area contributed by atoms with Crippen LogP contribution in [-0.4, -0.2) is 25.2 Å². The Labute approximate surface area is 164 Å². The maximum atomic E-state index is 11.9. The van der Waals surface area contributed by atoms with Gasteiger partial charge in [-0.05, 0) is 11.1 Å². The molecule has 0 saturated carbocycles. The van der Waals surface area contributed by atoms with Gasteiger partial charge in [0.15, 0.2) is 0 Å². The van der Waals surface area contributed by atoms with Gasteiger partial charge in [0, 0.05) is 18.7 Å². The summed E-state index contributed by atoms with van der Waals surface area (Å²) in [6, 6.07) is 21.8. The molecule has 5 heteroatoms. The van der Waals surface area contributed by atoms with Crippen LogP contribution in [0, 0.1) is 0 Å². The molecule has 3 rings (SSSR count). The lowest BCUT2D eigenvalue weighted by molar-refractivity contribution is 0.0368. The molecule has 1 unspecified atom stereocenters. The highest BCUT2D eigenvalue weighted by atomic mass is 16.5. The van der Waals surface area contributed by atoms with Gasteiger partial charge in [-0.1, -0.05) is 60.7 Å². The van der Waals surface area contributed by atoms with Crippen molar-refractivity contribution in [1.82, 2.24) is 4.98 Å². The van der Waals surface area contributed by atoms with Crippen LogP contribution in [0.2, 0.25) is 0 Å². The van der Waals surface area contributed by atoms with Gasteiger partial charge in [0.25, 0.3) is 0 Å². The second-order valence-corrected chi connectivity index (χ2v) is 6.28. The van der Waals surface area contributed by atoms with E-state index in [4.69, 9.17) is 14.2 Å². The van der Waals surface area contributed by atoms with E-state index >= 15 is 0 Å². The molecule has 0 aliphatic carbocycles. The summed E-state index contributed by atoms with van der Waals surface area (Å²) in [7, 11) is 2.85. The van der Waals surface area contributed by atoms with Crippen LogP contribution in [0.4, 0.5) is 0 Å². The van der Waals surface area contributed by atoms with Crippen molar-refractivity contribution in [3.05, 3.63) is 95.3 Å². The molecule has 3 aromatic rings. The van der Waals surface area contributed by atoms with Gasteiger partial charge in [-0.2, -0.15) is 0 Å². The molecule has 0 aliphatic heterocycles. The Bertz CT molecular complexity index is 897. The van der Waals surface area contributed by atoms with E-state index in [0.29, 0.717) is 24.5 Å². The zero-order chi connectivity index (χ0) is 19.8. The molecule has 0 bridgehead atoms. The fraction of sp³-hybridized carbons (Fsp3) is 0.217. The lowest BCUT2D eigenvalue weighted by Crippen LogP contribution is -2.12. The van der Waals surface area contributed by atoms with Gasteiger partial charge >= 0.3 is 5.97 Å². The number of rotatable bonds is 8. The van der Waals surface area contributed by atoms with Crippen LogP contribution < -0.4 is 4.74 Å². The summed E-state index contributed by atoms with van der Waals surface area (Å²) in [4.78, 5) is 16.4. The lowest BCUT2D eigenvalue weighted by Gasteiger charge is -2.19. The van der Waals surface area contributed by atoms with Crippen molar-refractivity contribution in [2.75, 3.05) is 14.2 Å². The average molecular weight is 377 g/mol. The lowest BCUT2D eigenvalue weighted by atomic mass is 10.0. The van der Waals surface area contributed by atoms with Crippen molar-refractivity contribution in [2.45, 2.75) is 19.1 Å². The molecule has 5 nitrogen and oxygen atoms in total. The zero-order valence-corrected chi connectivity index (χ0v) is 16.0.